The van der Waals surface area contributed by atoms with Crippen LogP contribution in [-0.4, -0.2) is 44.5 Å². The second kappa shape index (κ2) is 6.05. The highest BCUT2D eigenvalue weighted by atomic mass is 32.2. The highest BCUT2D eigenvalue weighted by molar-refractivity contribution is 7.88. The van der Waals surface area contributed by atoms with Crippen LogP contribution < -0.4 is 9.62 Å². The van der Waals surface area contributed by atoms with Crippen LogP contribution in [0, 0.1) is 5.92 Å². The van der Waals surface area contributed by atoms with E-state index in [-0.39, 0.29) is 17.6 Å². The molecule has 21 heavy (non-hydrogen) atoms. The molecule has 1 aromatic rings. The largest absolute Gasteiger partial charge is 0.445 e. The molecule has 2 heterocycles. The molecule has 0 aliphatic carbocycles. The van der Waals surface area contributed by atoms with Gasteiger partial charge in [-0.15, -0.1) is 10.2 Å². The Morgan fingerprint density at radius 2 is 2.14 bits per heavy atom. The van der Waals surface area contributed by atoms with Crippen LogP contribution in [0.15, 0.2) is 0 Å². The first-order valence-electron chi connectivity index (χ1n) is 6.25. The zero-order valence-electron chi connectivity index (χ0n) is 11.2. The summed E-state index contributed by atoms with van der Waals surface area (Å²) in [6.45, 7) is 1.34. The van der Waals surface area contributed by atoms with Crippen molar-refractivity contribution in [2.24, 2.45) is 5.92 Å². The molecule has 11 heteroatoms. The van der Waals surface area contributed by atoms with E-state index in [2.05, 4.69) is 14.9 Å². The first-order valence-corrected chi connectivity index (χ1v) is 8.96. The molecule has 1 atom stereocenters. The van der Waals surface area contributed by atoms with Crippen molar-refractivity contribution in [2.45, 2.75) is 19.0 Å². The molecule has 2 rings (SSSR count). The van der Waals surface area contributed by atoms with Crippen molar-refractivity contribution in [2.75, 3.05) is 30.8 Å². The molecule has 1 aliphatic rings. The number of alkyl halides is 3. The molecule has 1 N–H and O–H groups in total. The van der Waals surface area contributed by atoms with Gasteiger partial charge in [0.15, 0.2) is 0 Å². The van der Waals surface area contributed by atoms with Gasteiger partial charge in [0, 0.05) is 19.6 Å². The Morgan fingerprint density at radius 3 is 2.71 bits per heavy atom. The van der Waals surface area contributed by atoms with E-state index in [0.29, 0.717) is 24.4 Å². The lowest BCUT2D eigenvalue weighted by Crippen LogP contribution is -2.40. The maximum atomic E-state index is 12.5. The third kappa shape index (κ3) is 4.78. The number of hydrogen-bond acceptors (Lipinski definition) is 6. The van der Waals surface area contributed by atoms with Gasteiger partial charge in [-0.3, -0.25) is 0 Å². The molecule has 6 nitrogen and oxygen atoms in total. The topological polar surface area (TPSA) is 75.2 Å². The monoisotopic (exact) mass is 344 g/mol. The number of halogens is 3. The molecule has 0 saturated carbocycles. The predicted molar refractivity (Wildman–Crippen MR) is 72.7 cm³/mol. The quantitative estimate of drug-likeness (QED) is 0.892. The maximum absolute atomic E-state index is 12.5. The number of anilines is 1. The third-order valence-electron chi connectivity index (χ3n) is 3.08. The van der Waals surface area contributed by atoms with Crippen molar-refractivity contribution in [3.8, 4) is 0 Å². The van der Waals surface area contributed by atoms with Gasteiger partial charge >= 0.3 is 6.18 Å². The lowest BCUT2D eigenvalue weighted by molar-refractivity contribution is -0.138. The minimum Gasteiger partial charge on any atom is -0.346 e. The number of sulfonamides is 1. The van der Waals surface area contributed by atoms with Crippen LogP contribution in [0.1, 0.15) is 17.8 Å². The Kier molecular flexibility index (Phi) is 4.73. The second-order valence-corrected chi connectivity index (χ2v) is 7.75. The summed E-state index contributed by atoms with van der Waals surface area (Å²) < 4.78 is 62.1. The summed E-state index contributed by atoms with van der Waals surface area (Å²) in [7, 11) is -3.26. The predicted octanol–water partition coefficient (Wildman–Crippen LogP) is 1.32. The molecule has 1 saturated heterocycles. The van der Waals surface area contributed by atoms with E-state index in [4.69, 9.17) is 0 Å². The molecule has 0 aromatic carbocycles. The maximum Gasteiger partial charge on any atom is 0.445 e. The second-order valence-electron chi connectivity index (χ2n) is 4.96. The van der Waals surface area contributed by atoms with Gasteiger partial charge in [-0.1, -0.05) is 11.3 Å². The molecule has 0 spiro atoms. The van der Waals surface area contributed by atoms with E-state index in [1.165, 1.54) is 0 Å². The molecular weight excluding hydrogens is 329 g/mol. The fraction of sp³-hybridized carbons (Fsp3) is 0.800. The molecule has 0 amide bonds. The number of aromatic nitrogens is 2. The van der Waals surface area contributed by atoms with E-state index in [9.17, 15) is 21.6 Å². The minimum absolute atomic E-state index is 0.0479. The van der Waals surface area contributed by atoms with Gasteiger partial charge in [-0.2, -0.15) is 13.2 Å². The highest BCUT2D eigenvalue weighted by Gasteiger charge is 2.36. The molecule has 0 radical (unpaired) electrons. The average Bonchev–Trinajstić information content (AvgIpc) is 2.85. The van der Waals surface area contributed by atoms with Crippen LogP contribution in [0.25, 0.3) is 0 Å². The normalized spacial score (nSPS) is 20.8. The fourth-order valence-corrected chi connectivity index (χ4v) is 3.42. The zero-order valence-corrected chi connectivity index (χ0v) is 12.9. The van der Waals surface area contributed by atoms with E-state index >= 15 is 0 Å². The van der Waals surface area contributed by atoms with Gasteiger partial charge in [-0.25, -0.2) is 13.1 Å². The van der Waals surface area contributed by atoms with E-state index in [1.807, 2.05) is 0 Å². The summed E-state index contributed by atoms with van der Waals surface area (Å²) in [6, 6.07) is 0. The average molecular weight is 344 g/mol. The minimum atomic E-state index is -4.48. The Balaban J connectivity index is 1.99. The number of piperidine rings is 1. The van der Waals surface area contributed by atoms with Crippen molar-refractivity contribution in [3.63, 3.8) is 0 Å². The van der Waals surface area contributed by atoms with Gasteiger partial charge < -0.3 is 4.90 Å². The van der Waals surface area contributed by atoms with Gasteiger partial charge in [-0.05, 0) is 18.8 Å². The summed E-state index contributed by atoms with van der Waals surface area (Å²) in [5.41, 5.74) is 0. The van der Waals surface area contributed by atoms with Gasteiger partial charge in [0.2, 0.25) is 20.2 Å². The molecule has 0 bridgehead atoms. The van der Waals surface area contributed by atoms with Crippen LogP contribution in [0.3, 0.4) is 0 Å². The number of hydrogen-bond donors (Lipinski definition) is 1. The summed E-state index contributed by atoms with van der Waals surface area (Å²) in [4.78, 5) is 1.73. The van der Waals surface area contributed by atoms with Crippen LogP contribution in [0.4, 0.5) is 18.3 Å². The van der Waals surface area contributed by atoms with Crippen molar-refractivity contribution in [1.29, 1.82) is 0 Å². The number of nitrogens with one attached hydrogen (secondary N) is 1. The Labute approximate surface area is 124 Å². The molecule has 1 fully saturated rings. The molecule has 1 aromatic heterocycles. The summed E-state index contributed by atoms with van der Waals surface area (Å²) in [6.07, 6.45) is -1.81. The summed E-state index contributed by atoms with van der Waals surface area (Å²) in [5.74, 6) is 0.0479. The molecular formula is C10H15F3N4O2S2. The first kappa shape index (κ1) is 16.4. The van der Waals surface area contributed by atoms with Crippen molar-refractivity contribution in [1.82, 2.24) is 14.9 Å². The van der Waals surface area contributed by atoms with Crippen molar-refractivity contribution in [3.05, 3.63) is 5.01 Å². The van der Waals surface area contributed by atoms with Gasteiger partial charge in [0.05, 0.1) is 6.26 Å². The summed E-state index contributed by atoms with van der Waals surface area (Å²) >= 11 is 0.512. The lowest BCUT2D eigenvalue weighted by Gasteiger charge is -2.32. The smallest absolute Gasteiger partial charge is 0.346 e. The van der Waals surface area contributed by atoms with E-state index < -0.39 is 21.2 Å². The molecule has 120 valence electrons. The van der Waals surface area contributed by atoms with Crippen molar-refractivity contribution < 1.29 is 21.6 Å². The van der Waals surface area contributed by atoms with Crippen LogP contribution in [-0.2, 0) is 16.2 Å². The Hall–Kier alpha value is -0.940. The van der Waals surface area contributed by atoms with Crippen LogP contribution in [0.2, 0.25) is 0 Å². The van der Waals surface area contributed by atoms with Gasteiger partial charge in [0.25, 0.3) is 0 Å². The standard InChI is InChI=1S/C10H15F3N4O2S2/c1-21(18,19)14-5-7-3-2-4-17(6-7)9-16-15-8(20-9)10(11,12)13/h7,14H,2-6H2,1H3. The third-order valence-corrected chi connectivity index (χ3v) is 4.80. The van der Waals surface area contributed by atoms with E-state index in [1.54, 1.807) is 4.90 Å². The molecule has 1 aliphatic heterocycles. The Morgan fingerprint density at radius 1 is 1.43 bits per heavy atom. The van der Waals surface area contributed by atoms with Gasteiger partial charge in [0.1, 0.15) is 0 Å². The lowest BCUT2D eigenvalue weighted by atomic mass is 9.99. The SMILES string of the molecule is CS(=O)(=O)NCC1CCCN(c2nnc(C(F)(F)F)s2)C1. The Bertz CT molecular complexity index is 587. The zero-order chi connectivity index (χ0) is 15.7. The van der Waals surface area contributed by atoms with Crippen molar-refractivity contribution >= 4 is 26.5 Å². The first-order chi connectivity index (χ1) is 9.65. The summed E-state index contributed by atoms with van der Waals surface area (Å²) in [5, 5.41) is 6.01. The van der Waals surface area contributed by atoms with Crippen LogP contribution in [0.5, 0.6) is 0 Å². The molecule has 1 unspecified atom stereocenters. The fourth-order valence-electron chi connectivity index (χ4n) is 2.13. The number of nitrogens with zero attached hydrogens (tertiary/aromatic N) is 3. The number of rotatable bonds is 4. The van der Waals surface area contributed by atoms with E-state index in [0.717, 1.165) is 19.1 Å². The van der Waals surface area contributed by atoms with Crippen LogP contribution >= 0.6 is 11.3 Å². The highest BCUT2D eigenvalue weighted by Crippen LogP contribution is 2.35.